The Morgan fingerprint density at radius 3 is 2.82 bits per heavy atom. The summed E-state index contributed by atoms with van der Waals surface area (Å²) in [7, 11) is 0. The molecule has 1 saturated carbocycles. The smallest absolute Gasteiger partial charge is 0.0664 e. The number of rotatable bonds is 7. The van der Waals surface area contributed by atoms with Crippen LogP contribution in [0.3, 0.4) is 0 Å². The quantitative estimate of drug-likeness (QED) is 0.759. The summed E-state index contributed by atoms with van der Waals surface area (Å²) >= 11 is 0. The van der Waals surface area contributed by atoms with Crippen molar-refractivity contribution in [3.8, 4) is 0 Å². The van der Waals surface area contributed by atoms with Crippen LogP contribution in [0.2, 0.25) is 0 Å². The normalized spacial score (nSPS) is 17.1. The largest absolute Gasteiger partial charge is 0.392 e. The molecule has 0 saturated heterocycles. The van der Waals surface area contributed by atoms with Crippen LogP contribution in [0.25, 0.3) is 0 Å². The SMILES string of the molecule is CCCC(O)CNCc1ccccc1C1CC1. The van der Waals surface area contributed by atoms with Gasteiger partial charge in [-0.25, -0.2) is 0 Å². The number of hydrogen-bond donors (Lipinski definition) is 2. The molecular formula is C15H23NO. The van der Waals surface area contributed by atoms with E-state index in [1.54, 1.807) is 0 Å². The van der Waals surface area contributed by atoms with E-state index >= 15 is 0 Å². The van der Waals surface area contributed by atoms with Gasteiger partial charge in [0.15, 0.2) is 0 Å². The first-order valence-electron chi connectivity index (χ1n) is 6.77. The minimum atomic E-state index is -0.201. The van der Waals surface area contributed by atoms with Crippen molar-refractivity contribution >= 4 is 0 Å². The van der Waals surface area contributed by atoms with E-state index in [2.05, 4.69) is 36.5 Å². The average molecular weight is 233 g/mol. The lowest BCUT2D eigenvalue weighted by Gasteiger charge is -2.13. The van der Waals surface area contributed by atoms with Crippen molar-refractivity contribution in [2.24, 2.45) is 0 Å². The van der Waals surface area contributed by atoms with Gasteiger partial charge >= 0.3 is 0 Å². The number of benzene rings is 1. The summed E-state index contributed by atoms with van der Waals surface area (Å²) < 4.78 is 0. The van der Waals surface area contributed by atoms with Crippen molar-refractivity contribution in [1.29, 1.82) is 0 Å². The van der Waals surface area contributed by atoms with Crippen LogP contribution in [0, 0.1) is 0 Å². The van der Waals surface area contributed by atoms with Gasteiger partial charge in [0.2, 0.25) is 0 Å². The van der Waals surface area contributed by atoms with Crippen molar-refractivity contribution in [3.05, 3.63) is 35.4 Å². The molecule has 0 aliphatic heterocycles. The van der Waals surface area contributed by atoms with Gasteiger partial charge in [0, 0.05) is 13.1 Å². The Morgan fingerprint density at radius 1 is 1.35 bits per heavy atom. The van der Waals surface area contributed by atoms with Crippen LogP contribution in [0.5, 0.6) is 0 Å². The first kappa shape index (κ1) is 12.6. The first-order chi connectivity index (χ1) is 8.31. The topological polar surface area (TPSA) is 32.3 Å². The molecule has 2 heteroatoms. The Morgan fingerprint density at radius 2 is 2.12 bits per heavy atom. The Bertz CT molecular complexity index is 347. The summed E-state index contributed by atoms with van der Waals surface area (Å²) in [6.45, 7) is 3.69. The molecule has 0 aromatic heterocycles. The molecule has 17 heavy (non-hydrogen) atoms. The maximum absolute atomic E-state index is 9.66. The molecule has 2 N–H and O–H groups in total. The average Bonchev–Trinajstić information content (AvgIpc) is 3.14. The molecule has 2 nitrogen and oxygen atoms in total. The Hall–Kier alpha value is -0.860. The molecule has 0 radical (unpaired) electrons. The second-order valence-corrected chi connectivity index (χ2v) is 5.05. The zero-order valence-electron chi connectivity index (χ0n) is 10.7. The predicted octanol–water partition coefficient (Wildman–Crippen LogP) is 2.81. The third-order valence-corrected chi connectivity index (χ3v) is 3.39. The fourth-order valence-electron chi connectivity index (χ4n) is 2.30. The molecule has 0 amide bonds. The van der Waals surface area contributed by atoms with Gasteiger partial charge in [0.1, 0.15) is 0 Å². The Kier molecular flexibility index (Phi) is 4.57. The van der Waals surface area contributed by atoms with Crippen LogP contribution in [0.1, 0.15) is 49.7 Å². The molecular weight excluding hydrogens is 210 g/mol. The number of aliphatic hydroxyl groups is 1. The van der Waals surface area contributed by atoms with Gasteiger partial charge in [-0.2, -0.15) is 0 Å². The maximum Gasteiger partial charge on any atom is 0.0664 e. The molecule has 2 rings (SSSR count). The summed E-state index contributed by atoms with van der Waals surface area (Å²) in [5.74, 6) is 0.800. The van der Waals surface area contributed by atoms with Crippen LogP contribution in [-0.4, -0.2) is 17.8 Å². The van der Waals surface area contributed by atoms with Gasteiger partial charge in [-0.1, -0.05) is 37.6 Å². The fraction of sp³-hybridized carbons (Fsp3) is 0.600. The highest BCUT2D eigenvalue weighted by atomic mass is 16.3. The third kappa shape index (κ3) is 3.83. The van der Waals surface area contributed by atoms with Crippen LogP contribution >= 0.6 is 0 Å². The lowest BCUT2D eigenvalue weighted by Crippen LogP contribution is -2.26. The van der Waals surface area contributed by atoms with Gasteiger partial charge in [0.25, 0.3) is 0 Å². The highest BCUT2D eigenvalue weighted by Gasteiger charge is 2.25. The highest BCUT2D eigenvalue weighted by molar-refractivity contribution is 5.33. The lowest BCUT2D eigenvalue weighted by molar-refractivity contribution is 0.160. The van der Waals surface area contributed by atoms with E-state index < -0.39 is 0 Å². The molecule has 0 heterocycles. The first-order valence-corrected chi connectivity index (χ1v) is 6.77. The molecule has 1 unspecified atom stereocenters. The molecule has 1 aliphatic carbocycles. The number of aliphatic hydroxyl groups excluding tert-OH is 1. The van der Waals surface area contributed by atoms with E-state index in [4.69, 9.17) is 0 Å². The van der Waals surface area contributed by atoms with Crippen molar-refractivity contribution in [1.82, 2.24) is 5.32 Å². The second kappa shape index (κ2) is 6.18. The minimum Gasteiger partial charge on any atom is -0.392 e. The molecule has 94 valence electrons. The van der Waals surface area contributed by atoms with E-state index in [-0.39, 0.29) is 6.10 Å². The molecule has 1 aromatic carbocycles. The fourth-order valence-corrected chi connectivity index (χ4v) is 2.30. The van der Waals surface area contributed by atoms with E-state index in [0.29, 0.717) is 6.54 Å². The second-order valence-electron chi connectivity index (χ2n) is 5.05. The standard InChI is InChI=1S/C15H23NO/c1-2-5-14(17)11-16-10-13-6-3-4-7-15(13)12-8-9-12/h3-4,6-7,12,14,16-17H,2,5,8-11H2,1H3. The van der Waals surface area contributed by atoms with Gasteiger partial charge in [-0.3, -0.25) is 0 Å². The lowest BCUT2D eigenvalue weighted by atomic mass is 10.0. The van der Waals surface area contributed by atoms with E-state index in [0.717, 1.165) is 25.3 Å². The van der Waals surface area contributed by atoms with Crippen molar-refractivity contribution < 1.29 is 5.11 Å². The van der Waals surface area contributed by atoms with E-state index in [1.165, 1.54) is 24.0 Å². The van der Waals surface area contributed by atoms with Gasteiger partial charge in [0.05, 0.1) is 6.10 Å². The number of hydrogen-bond acceptors (Lipinski definition) is 2. The summed E-state index contributed by atoms with van der Waals surface area (Å²) in [5.41, 5.74) is 2.91. The van der Waals surface area contributed by atoms with Gasteiger partial charge in [-0.05, 0) is 36.3 Å². The molecule has 1 aromatic rings. The molecule has 0 bridgehead atoms. The third-order valence-electron chi connectivity index (χ3n) is 3.39. The summed E-state index contributed by atoms with van der Waals surface area (Å²) in [6.07, 6.45) is 4.41. The van der Waals surface area contributed by atoms with Crippen molar-refractivity contribution in [2.75, 3.05) is 6.54 Å². The highest BCUT2D eigenvalue weighted by Crippen LogP contribution is 2.41. The Balaban J connectivity index is 1.82. The minimum absolute atomic E-state index is 0.201. The Labute approximate surface area is 104 Å². The molecule has 1 fully saturated rings. The van der Waals surface area contributed by atoms with E-state index in [1.807, 2.05) is 0 Å². The van der Waals surface area contributed by atoms with Crippen molar-refractivity contribution in [2.45, 2.75) is 51.2 Å². The van der Waals surface area contributed by atoms with Crippen LogP contribution in [0.15, 0.2) is 24.3 Å². The van der Waals surface area contributed by atoms with Crippen LogP contribution in [0.4, 0.5) is 0 Å². The van der Waals surface area contributed by atoms with Crippen LogP contribution in [-0.2, 0) is 6.54 Å². The molecule has 1 atom stereocenters. The number of nitrogens with one attached hydrogen (secondary N) is 1. The van der Waals surface area contributed by atoms with Crippen LogP contribution < -0.4 is 5.32 Å². The van der Waals surface area contributed by atoms with Gasteiger partial charge < -0.3 is 10.4 Å². The van der Waals surface area contributed by atoms with Gasteiger partial charge in [-0.15, -0.1) is 0 Å². The van der Waals surface area contributed by atoms with E-state index in [9.17, 15) is 5.11 Å². The monoisotopic (exact) mass is 233 g/mol. The summed E-state index contributed by atoms with van der Waals surface area (Å²) in [6, 6.07) is 8.68. The molecule has 1 aliphatic rings. The van der Waals surface area contributed by atoms with Crippen molar-refractivity contribution in [3.63, 3.8) is 0 Å². The zero-order chi connectivity index (χ0) is 12.1. The zero-order valence-corrected chi connectivity index (χ0v) is 10.7. The maximum atomic E-state index is 9.66. The summed E-state index contributed by atoms with van der Waals surface area (Å²) in [4.78, 5) is 0. The molecule has 0 spiro atoms. The predicted molar refractivity (Wildman–Crippen MR) is 71.0 cm³/mol. The summed E-state index contributed by atoms with van der Waals surface area (Å²) in [5, 5.41) is 13.0.